The minimum Gasteiger partial charge on any atom is -0.383 e. The van der Waals surface area contributed by atoms with Crippen LogP contribution < -0.4 is 11.1 Å². The lowest BCUT2D eigenvalue weighted by Gasteiger charge is -2.45. The Balaban J connectivity index is 2.07. The van der Waals surface area contributed by atoms with Gasteiger partial charge in [0.25, 0.3) is 0 Å². The van der Waals surface area contributed by atoms with Gasteiger partial charge in [0.1, 0.15) is 0 Å². The smallest absolute Gasteiger partial charge is 0.237 e. The molecule has 0 aromatic heterocycles. The Hall–Kier alpha value is -0.650. The average molecular weight is 297 g/mol. The number of hydrogen-bond donors (Lipinski definition) is 2. The molecule has 0 aromatic rings. The molecule has 5 nitrogen and oxygen atoms in total. The van der Waals surface area contributed by atoms with Gasteiger partial charge in [-0.3, -0.25) is 9.69 Å². The van der Waals surface area contributed by atoms with E-state index in [1.807, 2.05) is 0 Å². The van der Waals surface area contributed by atoms with E-state index in [-0.39, 0.29) is 5.91 Å². The van der Waals surface area contributed by atoms with Crippen LogP contribution in [0.25, 0.3) is 0 Å². The van der Waals surface area contributed by atoms with Crippen LogP contribution in [0.1, 0.15) is 52.4 Å². The van der Waals surface area contributed by atoms with Gasteiger partial charge in [-0.05, 0) is 52.0 Å². The number of carbonyl (C=O) groups is 1. The highest BCUT2D eigenvalue weighted by Gasteiger charge is 2.45. The number of ether oxygens (including phenoxy) is 1. The number of likely N-dealkylation sites (N-methyl/N-ethyl adjacent to an activating group) is 1. The molecule has 2 rings (SSSR count). The topological polar surface area (TPSA) is 67.6 Å². The summed E-state index contributed by atoms with van der Waals surface area (Å²) in [5.41, 5.74) is 5.28. The fourth-order valence-corrected chi connectivity index (χ4v) is 3.84. The molecule has 2 saturated carbocycles. The highest BCUT2D eigenvalue weighted by atomic mass is 16.5. The molecule has 3 atom stereocenters. The predicted molar refractivity (Wildman–Crippen MR) is 84.1 cm³/mol. The predicted octanol–water partition coefficient (Wildman–Crippen LogP) is 1.26. The van der Waals surface area contributed by atoms with Gasteiger partial charge in [0, 0.05) is 25.2 Å². The molecule has 0 heterocycles. The number of primary amides is 1. The van der Waals surface area contributed by atoms with E-state index in [1.165, 1.54) is 12.8 Å². The number of rotatable bonds is 8. The van der Waals surface area contributed by atoms with Crippen LogP contribution in [0, 0.1) is 0 Å². The summed E-state index contributed by atoms with van der Waals surface area (Å²) in [5, 5.41) is 3.55. The number of methoxy groups -OCH3 is 1. The molecule has 0 saturated heterocycles. The summed E-state index contributed by atoms with van der Waals surface area (Å²) in [5.74, 6) is -0.172. The van der Waals surface area contributed by atoms with Crippen molar-refractivity contribution in [2.45, 2.75) is 76.0 Å². The molecule has 3 N–H and O–H groups in total. The van der Waals surface area contributed by atoms with Gasteiger partial charge in [-0.15, -0.1) is 0 Å². The van der Waals surface area contributed by atoms with Gasteiger partial charge in [0.15, 0.2) is 0 Å². The van der Waals surface area contributed by atoms with Crippen LogP contribution in [-0.2, 0) is 9.53 Å². The molecule has 1 amide bonds. The van der Waals surface area contributed by atoms with Crippen molar-refractivity contribution >= 4 is 5.91 Å². The molecule has 0 spiro atoms. The fourth-order valence-electron chi connectivity index (χ4n) is 3.84. The third kappa shape index (κ3) is 3.96. The first kappa shape index (κ1) is 16.7. The second kappa shape index (κ2) is 7.07. The van der Waals surface area contributed by atoms with Gasteiger partial charge < -0.3 is 15.8 Å². The summed E-state index contributed by atoms with van der Waals surface area (Å²) in [6.07, 6.45) is 6.27. The minimum absolute atomic E-state index is 0.172. The first-order valence-electron chi connectivity index (χ1n) is 8.34. The quantitative estimate of drug-likeness (QED) is 0.708. The van der Waals surface area contributed by atoms with Crippen molar-refractivity contribution in [2.24, 2.45) is 5.73 Å². The van der Waals surface area contributed by atoms with E-state index in [1.54, 1.807) is 7.11 Å². The number of hydrogen-bond acceptors (Lipinski definition) is 4. The Morgan fingerprint density at radius 3 is 2.71 bits per heavy atom. The number of nitrogens with two attached hydrogens (primary N) is 1. The Morgan fingerprint density at radius 1 is 1.48 bits per heavy atom. The third-order valence-corrected chi connectivity index (χ3v) is 5.06. The van der Waals surface area contributed by atoms with Gasteiger partial charge in [-0.25, -0.2) is 0 Å². The number of nitrogens with zero attached hydrogens (tertiary/aromatic N) is 1. The highest BCUT2D eigenvalue weighted by Crippen LogP contribution is 2.35. The molecular weight excluding hydrogens is 266 g/mol. The van der Waals surface area contributed by atoms with Crippen LogP contribution in [0.3, 0.4) is 0 Å². The van der Waals surface area contributed by atoms with Gasteiger partial charge in [0.05, 0.1) is 12.1 Å². The van der Waals surface area contributed by atoms with Gasteiger partial charge in [-0.1, -0.05) is 6.92 Å². The zero-order chi connectivity index (χ0) is 15.5. The van der Waals surface area contributed by atoms with E-state index < -0.39 is 5.54 Å². The van der Waals surface area contributed by atoms with Crippen molar-refractivity contribution < 1.29 is 9.53 Å². The van der Waals surface area contributed by atoms with Crippen molar-refractivity contribution in [1.82, 2.24) is 10.2 Å². The van der Waals surface area contributed by atoms with Crippen LogP contribution in [0.4, 0.5) is 0 Å². The Labute approximate surface area is 128 Å². The molecule has 3 unspecified atom stereocenters. The summed E-state index contributed by atoms with van der Waals surface area (Å²) >= 11 is 0. The van der Waals surface area contributed by atoms with Crippen LogP contribution >= 0.6 is 0 Å². The molecule has 0 aromatic carbocycles. The van der Waals surface area contributed by atoms with Crippen molar-refractivity contribution in [1.29, 1.82) is 0 Å². The van der Waals surface area contributed by atoms with Crippen LogP contribution in [0.2, 0.25) is 0 Å². The molecule has 5 heteroatoms. The molecule has 0 aliphatic heterocycles. The van der Waals surface area contributed by atoms with Crippen LogP contribution in [0.15, 0.2) is 0 Å². The first-order valence-corrected chi connectivity index (χ1v) is 8.34. The lowest BCUT2D eigenvalue weighted by molar-refractivity contribution is -0.127. The second-order valence-corrected chi connectivity index (χ2v) is 6.75. The number of amides is 1. The minimum atomic E-state index is -0.496. The van der Waals surface area contributed by atoms with E-state index in [0.717, 1.165) is 38.8 Å². The van der Waals surface area contributed by atoms with Crippen LogP contribution in [0.5, 0.6) is 0 Å². The van der Waals surface area contributed by atoms with E-state index in [2.05, 4.69) is 24.1 Å². The SMILES string of the molecule is CCN(C(C)COC)C1CCCC(NC2CC2)(C(N)=O)C1. The normalized spacial score (nSPS) is 31.3. The lowest BCUT2D eigenvalue weighted by atomic mass is 9.77. The van der Waals surface area contributed by atoms with E-state index >= 15 is 0 Å². The zero-order valence-electron chi connectivity index (χ0n) is 13.7. The van der Waals surface area contributed by atoms with E-state index in [4.69, 9.17) is 10.5 Å². The van der Waals surface area contributed by atoms with Gasteiger partial charge >= 0.3 is 0 Å². The maximum Gasteiger partial charge on any atom is 0.237 e. The molecular formula is C16H31N3O2. The van der Waals surface area contributed by atoms with Crippen molar-refractivity contribution in [3.05, 3.63) is 0 Å². The van der Waals surface area contributed by atoms with E-state index in [0.29, 0.717) is 18.1 Å². The van der Waals surface area contributed by atoms with Crippen LogP contribution in [-0.4, -0.2) is 54.7 Å². The molecule has 2 aliphatic rings. The summed E-state index contributed by atoms with van der Waals surface area (Å²) < 4.78 is 5.30. The van der Waals surface area contributed by atoms with Crippen molar-refractivity contribution in [3.63, 3.8) is 0 Å². The maximum absolute atomic E-state index is 12.1. The van der Waals surface area contributed by atoms with Crippen molar-refractivity contribution in [3.8, 4) is 0 Å². The van der Waals surface area contributed by atoms with Gasteiger partial charge in [-0.2, -0.15) is 0 Å². The number of nitrogens with one attached hydrogen (secondary N) is 1. The first-order chi connectivity index (χ1) is 10.0. The molecule has 0 radical (unpaired) electrons. The summed E-state index contributed by atoms with van der Waals surface area (Å²) in [4.78, 5) is 14.6. The molecule has 0 bridgehead atoms. The van der Waals surface area contributed by atoms with Crippen molar-refractivity contribution in [2.75, 3.05) is 20.3 Å². The Kier molecular flexibility index (Phi) is 5.63. The Bertz CT molecular complexity index is 359. The third-order valence-electron chi connectivity index (χ3n) is 5.06. The Morgan fingerprint density at radius 2 is 2.19 bits per heavy atom. The molecule has 2 aliphatic carbocycles. The summed E-state index contributed by atoms with van der Waals surface area (Å²) in [6, 6.07) is 1.28. The molecule has 122 valence electrons. The summed E-state index contributed by atoms with van der Waals surface area (Å²) in [7, 11) is 1.74. The second-order valence-electron chi connectivity index (χ2n) is 6.75. The number of carbonyl (C=O) groups excluding carboxylic acids is 1. The average Bonchev–Trinajstić information content (AvgIpc) is 3.24. The monoisotopic (exact) mass is 297 g/mol. The highest BCUT2D eigenvalue weighted by molar-refractivity contribution is 5.85. The lowest BCUT2D eigenvalue weighted by Crippen LogP contribution is -2.62. The molecule has 2 fully saturated rings. The maximum atomic E-state index is 12.1. The zero-order valence-corrected chi connectivity index (χ0v) is 13.7. The van der Waals surface area contributed by atoms with E-state index in [9.17, 15) is 4.79 Å². The summed E-state index contributed by atoms with van der Waals surface area (Å²) in [6.45, 7) is 6.08. The standard InChI is InChI=1S/C16H31N3O2/c1-4-19(12(2)11-21-3)14-6-5-9-16(10-14,15(17)20)18-13-7-8-13/h12-14,18H,4-11H2,1-3H3,(H2,17,20). The van der Waals surface area contributed by atoms with Gasteiger partial charge in [0.2, 0.25) is 5.91 Å². The fraction of sp³-hybridized carbons (Fsp3) is 0.938. The largest absolute Gasteiger partial charge is 0.383 e. The molecule has 21 heavy (non-hydrogen) atoms.